The van der Waals surface area contributed by atoms with Gasteiger partial charge in [0.05, 0.1) is 0 Å². The highest BCUT2D eigenvalue weighted by atomic mass is 35.5. The molecule has 1 aliphatic rings. The Hall–Kier alpha value is -1.36. The Morgan fingerprint density at radius 1 is 1.30 bits per heavy atom. The van der Waals surface area contributed by atoms with E-state index in [1.807, 2.05) is 23.7 Å². The predicted molar refractivity (Wildman–Crippen MR) is 80.5 cm³/mol. The van der Waals surface area contributed by atoms with Gasteiger partial charge in [-0.1, -0.05) is 19.3 Å². The van der Waals surface area contributed by atoms with Crippen LogP contribution >= 0.6 is 11.6 Å². The lowest BCUT2D eigenvalue weighted by atomic mass is 9.94. The van der Waals surface area contributed by atoms with E-state index in [1.54, 1.807) is 0 Å². The number of alkyl halides is 1. The molecular formula is C14H20ClN5. The molecule has 0 unspecified atom stereocenters. The van der Waals surface area contributed by atoms with Crippen molar-refractivity contribution in [3.05, 3.63) is 18.2 Å². The third-order valence-corrected chi connectivity index (χ3v) is 4.26. The highest BCUT2D eigenvalue weighted by Crippen LogP contribution is 2.28. The monoisotopic (exact) mass is 293 g/mol. The van der Waals surface area contributed by atoms with Crippen molar-refractivity contribution >= 4 is 23.1 Å². The Morgan fingerprint density at radius 3 is 2.85 bits per heavy atom. The number of hydrogen-bond acceptors (Lipinski definition) is 4. The minimum absolute atomic E-state index is 0.526. The van der Waals surface area contributed by atoms with Crippen molar-refractivity contribution < 1.29 is 0 Å². The van der Waals surface area contributed by atoms with E-state index in [0.717, 1.165) is 23.8 Å². The van der Waals surface area contributed by atoms with Crippen molar-refractivity contribution in [1.29, 1.82) is 0 Å². The first kappa shape index (κ1) is 13.6. The number of hydrogen-bond donors (Lipinski definition) is 0. The van der Waals surface area contributed by atoms with Crippen LogP contribution in [0.5, 0.6) is 0 Å². The Bertz CT molecular complexity index is 576. The minimum atomic E-state index is 0.526. The third-order valence-electron chi connectivity index (χ3n) is 4.09. The maximum Gasteiger partial charge on any atom is 0.203 e. The zero-order chi connectivity index (χ0) is 13.9. The fourth-order valence-electron chi connectivity index (χ4n) is 3.08. The molecule has 1 aliphatic carbocycles. The van der Waals surface area contributed by atoms with Gasteiger partial charge in [-0.05, 0) is 19.8 Å². The van der Waals surface area contributed by atoms with E-state index in [2.05, 4.69) is 20.1 Å². The van der Waals surface area contributed by atoms with Crippen LogP contribution in [0.25, 0.3) is 5.65 Å². The summed E-state index contributed by atoms with van der Waals surface area (Å²) < 4.78 is 1.99. The highest BCUT2D eigenvalue weighted by Gasteiger charge is 2.24. The zero-order valence-corrected chi connectivity index (χ0v) is 12.6. The first-order chi connectivity index (χ1) is 9.81. The van der Waals surface area contributed by atoms with Crippen molar-refractivity contribution in [2.45, 2.75) is 45.1 Å². The second kappa shape index (κ2) is 5.95. The van der Waals surface area contributed by atoms with Gasteiger partial charge in [0, 0.05) is 30.9 Å². The van der Waals surface area contributed by atoms with E-state index in [1.165, 1.54) is 32.1 Å². The summed E-state index contributed by atoms with van der Waals surface area (Å²) in [4.78, 5) is 6.89. The molecule has 0 bridgehead atoms. The lowest BCUT2D eigenvalue weighted by molar-refractivity contribution is 0.417. The van der Waals surface area contributed by atoms with Gasteiger partial charge in [0.25, 0.3) is 0 Å². The van der Waals surface area contributed by atoms with Gasteiger partial charge in [-0.15, -0.1) is 21.8 Å². The minimum Gasteiger partial charge on any atom is -0.349 e. The van der Waals surface area contributed by atoms with Gasteiger partial charge in [0.2, 0.25) is 5.65 Å². The number of halogens is 1. The van der Waals surface area contributed by atoms with Crippen molar-refractivity contribution in [3.8, 4) is 0 Å². The summed E-state index contributed by atoms with van der Waals surface area (Å²) in [5, 5.41) is 8.44. The topological polar surface area (TPSA) is 46.3 Å². The number of aromatic nitrogens is 4. The molecule has 20 heavy (non-hydrogen) atoms. The second-order valence-electron chi connectivity index (χ2n) is 5.37. The molecule has 0 saturated heterocycles. The van der Waals surface area contributed by atoms with Gasteiger partial charge < -0.3 is 4.90 Å². The van der Waals surface area contributed by atoms with Crippen LogP contribution < -0.4 is 4.90 Å². The van der Waals surface area contributed by atoms with E-state index >= 15 is 0 Å². The quantitative estimate of drug-likeness (QED) is 0.813. The fraction of sp³-hybridized carbons (Fsp3) is 0.643. The Kier molecular flexibility index (Phi) is 4.05. The Morgan fingerprint density at radius 2 is 2.10 bits per heavy atom. The SMILES string of the molecule is Cc1nnc2c(N(CCCl)C3CCCCC3)nccn12. The Labute approximate surface area is 124 Å². The van der Waals surface area contributed by atoms with Crippen molar-refractivity contribution in [3.63, 3.8) is 0 Å². The van der Waals surface area contributed by atoms with Gasteiger partial charge in [-0.3, -0.25) is 4.40 Å². The summed E-state index contributed by atoms with van der Waals surface area (Å²) in [6.45, 7) is 2.76. The molecule has 1 fully saturated rings. The molecule has 3 rings (SSSR count). The lowest BCUT2D eigenvalue weighted by Gasteiger charge is -2.34. The van der Waals surface area contributed by atoms with Crippen molar-refractivity contribution in [2.24, 2.45) is 0 Å². The maximum absolute atomic E-state index is 6.01. The molecule has 108 valence electrons. The molecular weight excluding hydrogens is 274 g/mol. The molecule has 0 atom stereocenters. The average Bonchev–Trinajstić information content (AvgIpc) is 2.88. The molecule has 0 aromatic carbocycles. The molecule has 2 heterocycles. The van der Waals surface area contributed by atoms with E-state index in [-0.39, 0.29) is 0 Å². The van der Waals surface area contributed by atoms with Crippen LogP contribution in [0.15, 0.2) is 12.4 Å². The van der Waals surface area contributed by atoms with Gasteiger partial charge in [0.15, 0.2) is 5.82 Å². The van der Waals surface area contributed by atoms with Gasteiger partial charge in [-0.25, -0.2) is 4.98 Å². The predicted octanol–water partition coefficient (Wildman–Crippen LogP) is 2.81. The van der Waals surface area contributed by atoms with E-state index in [4.69, 9.17) is 11.6 Å². The fourth-order valence-corrected chi connectivity index (χ4v) is 3.26. The van der Waals surface area contributed by atoms with Crippen molar-refractivity contribution in [2.75, 3.05) is 17.3 Å². The first-order valence-corrected chi connectivity index (χ1v) is 7.83. The Balaban J connectivity index is 2.00. The molecule has 6 heteroatoms. The van der Waals surface area contributed by atoms with Crippen LogP contribution in [0.4, 0.5) is 5.82 Å². The van der Waals surface area contributed by atoms with Crippen LogP contribution in [0.1, 0.15) is 37.9 Å². The summed E-state index contributed by atoms with van der Waals surface area (Å²) >= 11 is 6.01. The maximum atomic E-state index is 6.01. The summed E-state index contributed by atoms with van der Waals surface area (Å²) in [5.74, 6) is 2.41. The van der Waals surface area contributed by atoms with E-state index < -0.39 is 0 Å². The molecule has 0 N–H and O–H groups in total. The van der Waals surface area contributed by atoms with Gasteiger partial charge in [0.1, 0.15) is 5.82 Å². The largest absolute Gasteiger partial charge is 0.349 e. The van der Waals surface area contributed by atoms with Crippen LogP contribution in [-0.4, -0.2) is 38.0 Å². The molecule has 0 amide bonds. The number of fused-ring (bicyclic) bond motifs is 1. The summed E-state index contributed by atoms with van der Waals surface area (Å²) in [7, 11) is 0. The third kappa shape index (κ3) is 2.46. The number of nitrogens with zero attached hydrogens (tertiary/aromatic N) is 5. The van der Waals surface area contributed by atoms with Crippen LogP contribution in [-0.2, 0) is 0 Å². The van der Waals surface area contributed by atoms with E-state index in [9.17, 15) is 0 Å². The smallest absolute Gasteiger partial charge is 0.203 e. The molecule has 0 radical (unpaired) electrons. The molecule has 0 aliphatic heterocycles. The lowest BCUT2D eigenvalue weighted by Crippen LogP contribution is -2.39. The highest BCUT2D eigenvalue weighted by molar-refractivity contribution is 6.18. The molecule has 0 spiro atoms. The van der Waals surface area contributed by atoms with Crippen LogP contribution in [0.2, 0.25) is 0 Å². The summed E-state index contributed by atoms with van der Waals surface area (Å²) in [5.41, 5.74) is 0.834. The number of aryl methyl sites for hydroxylation is 1. The van der Waals surface area contributed by atoms with Gasteiger partial charge >= 0.3 is 0 Å². The molecule has 5 nitrogen and oxygen atoms in total. The standard InChI is InChI=1S/C14H20ClN5/c1-11-17-18-14-13(16-8-10-19(11)14)20(9-7-15)12-5-3-2-4-6-12/h8,10,12H,2-7,9H2,1H3. The second-order valence-corrected chi connectivity index (χ2v) is 5.74. The normalized spacial score (nSPS) is 16.7. The average molecular weight is 294 g/mol. The number of anilines is 1. The van der Waals surface area contributed by atoms with Gasteiger partial charge in [-0.2, -0.15) is 0 Å². The zero-order valence-electron chi connectivity index (χ0n) is 11.8. The number of rotatable bonds is 4. The molecule has 2 aromatic heterocycles. The summed E-state index contributed by atoms with van der Waals surface area (Å²) in [6.07, 6.45) is 10.1. The summed E-state index contributed by atoms with van der Waals surface area (Å²) in [6, 6.07) is 0.526. The van der Waals surface area contributed by atoms with Crippen LogP contribution in [0, 0.1) is 6.92 Å². The van der Waals surface area contributed by atoms with Crippen molar-refractivity contribution in [1.82, 2.24) is 19.6 Å². The molecule has 2 aromatic rings. The first-order valence-electron chi connectivity index (χ1n) is 7.30. The molecule has 1 saturated carbocycles. The van der Waals surface area contributed by atoms with E-state index in [0.29, 0.717) is 11.9 Å². The van der Waals surface area contributed by atoms with Crippen LogP contribution in [0.3, 0.4) is 0 Å².